The third-order valence-corrected chi connectivity index (χ3v) is 4.49. The van der Waals surface area contributed by atoms with Crippen LogP contribution in [0.2, 0.25) is 0 Å². The van der Waals surface area contributed by atoms with E-state index in [1.54, 1.807) is 7.11 Å². The van der Waals surface area contributed by atoms with Crippen LogP contribution in [0.15, 0.2) is 18.2 Å². The molecule has 92 valence electrons. The summed E-state index contributed by atoms with van der Waals surface area (Å²) in [5.41, 5.74) is 9.11. The van der Waals surface area contributed by atoms with Crippen LogP contribution in [0, 0.1) is 0 Å². The summed E-state index contributed by atoms with van der Waals surface area (Å²) in [6.07, 6.45) is 5.06. The molecule has 2 N–H and O–H groups in total. The van der Waals surface area contributed by atoms with Gasteiger partial charge in [-0.1, -0.05) is 12.1 Å². The van der Waals surface area contributed by atoms with Crippen LogP contribution < -0.4 is 10.5 Å². The Morgan fingerprint density at radius 2 is 2.06 bits per heavy atom. The highest BCUT2D eigenvalue weighted by Crippen LogP contribution is 2.52. The molecule has 0 amide bonds. The van der Waals surface area contributed by atoms with Crippen molar-refractivity contribution in [1.29, 1.82) is 0 Å². The van der Waals surface area contributed by atoms with Gasteiger partial charge in [-0.2, -0.15) is 0 Å². The minimum Gasteiger partial charge on any atom is -0.496 e. The summed E-state index contributed by atoms with van der Waals surface area (Å²) in [5.74, 6) is 1.81. The molecule has 2 saturated carbocycles. The molecule has 1 aromatic carbocycles. The van der Waals surface area contributed by atoms with E-state index in [9.17, 15) is 0 Å². The smallest absolute Gasteiger partial charge is 0.122 e. The monoisotopic (exact) mass is 231 g/mol. The molecule has 2 aliphatic rings. The zero-order chi connectivity index (χ0) is 12.0. The van der Waals surface area contributed by atoms with Crippen molar-refractivity contribution in [2.75, 3.05) is 7.11 Å². The Balaban J connectivity index is 1.96. The molecule has 0 radical (unpaired) electrons. The van der Waals surface area contributed by atoms with E-state index < -0.39 is 0 Å². The molecule has 2 nitrogen and oxygen atoms in total. The molecule has 1 atom stereocenters. The van der Waals surface area contributed by atoms with Crippen LogP contribution in [-0.2, 0) is 5.41 Å². The Morgan fingerprint density at radius 1 is 1.35 bits per heavy atom. The van der Waals surface area contributed by atoms with Crippen LogP contribution in [0.4, 0.5) is 0 Å². The molecule has 1 aromatic rings. The van der Waals surface area contributed by atoms with E-state index in [0.717, 1.165) is 11.7 Å². The largest absolute Gasteiger partial charge is 0.496 e. The zero-order valence-electron chi connectivity index (χ0n) is 10.7. The predicted molar refractivity (Wildman–Crippen MR) is 69.5 cm³/mol. The third kappa shape index (κ3) is 1.75. The maximum absolute atomic E-state index is 6.13. The van der Waals surface area contributed by atoms with E-state index in [2.05, 4.69) is 25.1 Å². The zero-order valence-corrected chi connectivity index (χ0v) is 10.7. The van der Waals surface area contributed by atoms with Gasteiger partial charge in [0.15, 0.2) is 0 Å². The molecule has 0 saturated heterocycles. The molecule has 3 rings (SSSR count). The predicted octanol–water partition coefficient (Wildman–Crippen LogP) is 2.95. The van der Waals surface area contributed by atoms with Crippen molar-refractivity contribution >= 4 is 0 Å². The number of hydrogen-bond donors (Lipinski definition) is 1. The highest BCUT2D eigenvalue weighted by atomic mass is 16.5. The summed E-state index contributed by atoms with van der Waals surface area (Å²) in [7, 11) is 1.77. The Morgan fingerprint density at radius 3 is 2.53 bits per heavy atom. The van der Waals surface area contributed by atoms with E-state index in [4.69, 9.17) is 10.5 Å². The molecule has 17 heavy (non-hydrogen) atoms. The SMILES string of the molecule is COc1cc(C2(C(C)N)CC2)ccc1C1CC1. The molecule has 2 aliphatic carbocycles. The van der Waals surface area contributed by atoms with E-state index in [1.165, 1.54) is 36.8 Å². The van der Waals surface area contributed by atoms with Gasteiger partial charge in [-0.25, -0.2) is 0 Å². The van der Waals surface area contributed by atoms with Gasteiger partial charge < -0.3 is 10.5 Å². The Hall–Kier alpha value is -1.02. The van der Waals surface area contributed by atoms with Gasteiger partial charge in [-0.15, -0.1) is 0 Å². The van der Waals surface area contributed by atoms with E-state index in [0.29, 0.717) is 0 Å². The minimum atomic E-state index is 0.232. The maximum Gasteiger partial charge on any atom is 0.122 e. The van der Waals surface area contributed by atoms with Crippen LogP contribution in [0.1, 0.15) is 49.7 Å². The molecule has 0 heterocycles. The topological polar surface area (TPSA) is 35.2 Å². The fourth-order valence-corrected chi connectivity index (χ4v) is 2.89. The summed E-state index contributed by atoms with van der Waals surface area (Å²) < 4.78 is 5.55. The van der Waals surface area contributed by atoms with Crippen molar-refractivity contribution < 1.29 is 4.74 Å². The quantitative estimate of drug-likeness (QED) is 0.864. The van der Waals surface area contributed by atoms with Crippen molar-refractivity contribution in [3.05, 3.63) is 29.3 Å². The molecule has 0 aliphatic heterocycles. The van der Waals surface area contributed by atoms with Crippen molar-refractivity contribution in [2.45, 2.75) is 50.0 Å². The Bertz CT molecular complexity index is 431. The number of nitrogens with two attached hydrogens (primary N) is 1. The number of ether oxygens (including phenoxy) is 1. The first-order chi connectivity index (χ1) is 8.17. The Kier molecular flexibility index (Phi) is 2.44. The van der Waals surface area contributed by atoms with Gasteiger partial charge in [0.1, 0.15) is 5.75 Å². The molecule has 0 spiro atoms. The fraction of sp³-hybridized carbons (Fsp3) is 0.600. The lowest BCUT2D eigenvalue weighted by Crippen LogP contribution is -2.31. The van der Waals surface area contributed by atoms with Gasteiger partial charge in [-0.05, 0) is 55.7 Å². The van der Waals surface area contributed by atoms with Gasteiger partial charge in [0.25, 0.3) is 0 Å². The van der Waals surface area contributed by atoms with E-state index in [1.807, 2.05) is 0 Å². The summed E-state index contributed by atoms with van der Waals surface area (Å²) in [6, 6.07) is 6.99. The first-order valence-corrected chi connectivity index (χ1v) is 6.61. The van der Waals surface area contributed by atoms with Crippen LogP contribution in [0.5, 0.6) is 5.75 Å². The second kappa shape index (κ2) is 3.74. The van der Waals surface area contributed by atoms with Gasteiger partial charge >= 0.3 is 0 Å². The first kappa shape index (κ1) is 11.1. The molecular weight excluding hydrogens is 210 g/mol. The highest BCUT2D eigenvalue weighted by Gasteiger charge is 2.47. The van der Waals surface area contributed by atoms with Crippen molar-refractivity contribution in [2.24, 2.45) is 5.73 Å². The lowest BCUT2D eigenvalue weighted by molar-refractivity contribution is 0.408. The first-order valence-electron chi connectivity index (χ1n) is 6.61. The van der Waals surface area contributed by atoms with Crippen molar-refractivity contribution in [1.82, 2.24) is 0 Å². The van der Waals surface area contributed by atoms with Gasteiger partial charge in [-0.3, -0.25) is 0 Å². The van der Waals surface area contributed by atoms with E-state index >= 15 is 0 Å². The maximum atomic E-state index is 6.13. The Labute approximate surface area is 103 Å². The number of hydrogen-bond acceptors (Lipinski definition) is 2. The van der Waals surface area contributed by atoms with Crippen LogP contribution in [-0.4, -0.2) is 13.2 Å². The number of rotatable bonds is 4. The average Bonchev–Trinajstić information content (AvgIpc) is 3.17. The molecular formula is C15H21NO. The lowest BCUT2D eigenvalue weighted by Gasteiger charge is -2.21. The van der Waals surface area contributed by atoms with Crippen molar-refractivity contribution in [3.63, 3.8) is 0 Å². The molecule has 0 bridgehead atoms. The normalized spacial score (nSPS) is 23.2. The summed E-state index contributed by atoms with van der Waals surface area (Å²) in [6.45, 7) is 2.12. The third-order valence-electron chi connectivity index (χ3n) is 4.49. The van der Waals surface area contributed by atoms with Crippen LogP contribution in [0.3, 0.4) is 0 Å². The molecule has 2 heteroatoms. The van der Waals surface area contributed by atoms with Crippen LogP contribution in [0.25, 0.3) is 0 Å². The van der Waals surface area contributed by atoms with Gasteiger partial charge in [0.05, 0.1) is 7.11 Å². The summed E-state index contributed by atoms with van der Waals surface area (Å²) in [4.78, 5) is 0. The summed E-state index contributed by atoms with van der Waals surface area (Å²) >= 11 is 0. The number of methoxy groups -OCH3 is 1. The number of benzene rings is 1. The average molecular weight is 231 g/mol. The minimum absolute atomic E-state index is 0.232. The van der Waals surface area contributed by atoms with E-state index in [-0.39, 0.29) is 11.5 Å². The molecule has 1 unspecified atom stereocenters. The second-order valence-electron chi connectivity index (χ2n) is 5.68. The fourth-order valence-electron chi connectivity index (χ4n) is 2.89. The van der Waals surface area contributed by atoms with Crippen LogP contribution >= 0.6 is 0 Å². The second-order valence-corrected chi connectivity index (χ2v) is 5.68. The van der Waals surface area contributed by atoms with Gasteiger partial charge in [0, 0.05) is 11.5 Å². The molecule has 0 aromatic heterocycles. The standard InChI is InChI=1S/C15H21NO/c1-10(16)15(7-8-15)12-5-6-13(11-3-4-11)14(9-12)17-2/h5-6,9-11H,3-4,7-8,16H2,1-2H3. The molecule has 2 fully saturated rings. The highest BCUT2D eigenvalue weighted by molar-refractivity contribution is 5.46. The van der Waals surface area contributed by atoms with Gasteiger partial charge in [0.2, 0.25) is 0 Å². The summed E-state index contributed by atoms with van der Waals surface area (Å²) in [5, 5.41) is 0. The van der Waals surface area contributed by atoms with Crippen molar-refractivity contribution in [3.8, 4) is 5.75 Å². The lowest BCUT2D eigenvalue weighted by atomic mass is 9.88.